The van der Waals surface area contributed by atoms with Crippen LogP contribution in [0.2, 0.25) is 0 Å². The van der Waals surface area contributed by atoms with Gasteiger partial charge in [0.25, 0.3) is 0 Å². The molecule has 0 amide bonds. The zero-order valence-electron chi connectivity index (χ0n) is 11.6. The van der Waals surface area contributed by atoms with E-state index in [1.54, 1.807) is 6.20 Å². The van der Waals surface area contributed by atoms with E-state index in [9.17, 15) is 12.8 Å². The maximum absolute atomic E-state index is 13.8. The number of benzene rings is 1. The average Bonchev–Trinajstić information content (AvgIpc) is 3.07. The summed E-state index contributed by atoms with van der Waals surface area (Å²) in [6.45, 7) is 2.67. The highest BCUT2D eigenvalue weighted by molar-refractivity contribution is 7.89. The number of hydrogen-bond acceptors (Lipinski definition) is 3. The number of aromatic amines is 1. The van der Waals surface area contributed by atoms with E-state index in [1.807, 2.05) is 6.92 Å². The van der Waals surface area contributed by atoms with E-state index in [0.29, 0.717) is 19.5 Å². The molecule has 1 aromatic carbocycles. The molecule has 7 heteroatoms. The van der Waals surface area contributed by atoms with Crippen molar-refractivity contribution in [1.29, 1.82) is 0 Å². The summed E-state index contributed by atoms with van der Waals surface area (Å²) in [5, 5.41) is 6.90. The van der Waals surface area contributed by atoms with Crippen molar-refractivity contribution in [3.63, 3.8) is 0 Å². The summed E-state index contributed by atoms with van der Waals surface area (Å²) in [5.41, 5.74) is 1.98. The van der Waals surface area contributed by atoms with Crippen LogP contribution in [-0.2, 0) is 10.0 Å². The van der Waals surface area contributed by atoms with Gasteiger partial charge in [-0.15, -0.1) is 0 Å². The standard InChI is InChI=1S/C14H16FN3O2S/c1-10-8-16-17-14(10)11-6-7-18(9-11)21(19,20)13-5-3-2-4-12(13)15/h2-5,8,11H,6-7,9H2,1H3,(H,16,17)/t11-/m1/s1. The molecule has 2 heterocycles. The van der Waals surface area contributed by atoms with Crippen LogP contribution in [0.4, 0.5) is 4.39 Å². The molecule has 0 unspecified atom stereocenters. The summed E-state index contributed by atoms with van der Waals surface area (Å²) in [6.07, 6.45) is 2.43. The first kappa shape index (κ1) is 14.2. The van der Waals surface area contributed by atoms with Crippen molar-refractivity contribution < 1.29 is 12.8 Å². The highest BCUT2D eigenvalue weighted by Gasteiger charge is 2.35. The van der Waals surface area contributed by atoms with E-state index in [0.717, 1.165) is 11.3 Å². The molecule has 5 nitrogen and oxygen atoms in total. The topological polar surface area (TPSA) is 66.1 Å². The number of nitrogens with one attached hydrogen (secondary N) is 1. The Morgan fingerprint density at radius 3 is 2.81 bits per heavy atom. The number of aromatic nitrogens is 2. The highest BCUT2D eigenvalue weighted by Crippen LogP contribution is 2.31. The van der Waals surface area contributed by atoms with Crippen LogP contribution >= 0.6 is 0 Å². The molecule has 1 atom stereocenters. The summed E-state index contributed by atoms with van der Waals surface area (Å²) in [4.78, 5) is -0.257. The van der Waals surface area contributed by atoms with Crippen molar-refractivity contribution in [2.24, 2.45) is 0 Å². The van der Waals surface area contributed by atoms with Crippen LogP contribution in [-0.4, -0.2) is 36.0 Å². The summed E-state index contributed by atoms with van der Waals surface area (Å²) < 4.78 is 40.1. The van der Waals surface area contributed by atoms with Gasteiger partial charge in [0.15, 0.2) is 0 Å². The zero-order chi connectivity index (χ0) is 15.0. The maximum Gasteiger partial charge on any atom is 0.246 e. The predicted octanol–water partition coefficient (Wildman–Crippen LogP) is 2.04. The minimum Gasteiger partial charge on any atom is -0.282 e. The molecular formula is C14H16FN3O2S. The molecule has 21 heavy (non-hydrogen) atoms. The number of H-pyrrole nitrogens is 1. The van der Waals surface area contributed by atoms with E-state index in [4.69, 9.17) is 0 Å². The lowest BCUT2D eigenvalue weighted by atomic mass is 10.0. The molecule has 2 aromatic rings. The molecule has 0 saturated carbocycles. The van der Waals surface area contributed by atoms with E-state index in [-0.39, 0.29) is 10.8 Å². The van der Waals surface area contributed by atoms with Gasteiger partial charge in [-0.05, 0) is 31.0 Å². The van der Waals surface area contributed by atoms with Gasteiger partial charge in [0, 0.05) is 24.7 Å². The Morgan fingerprint density at radius 2 is 2.14 bits per heavy atom. The third-order valence-corrected chi connectivity index (χ3v) is 5.78. The molecule has 1 aliphatic heterocycles. The summed E-state index contributed by atoms with van der Waals surface area (Å²) in [7, 11) is -3.78. The fraction of sp³-hybridized carbons (Fsp3) is 0.357. The van der Waals surface area contributed by atoms with Crippen molar-refractivity contribution in [2.45, 2.75) is 24.2 Å². The minimum atomic E-state index is -3.78. The zero-order valence-corrected chi connectivity index (χ0v) is 12.4. The Hall–Kier alpha value is -1.73. The number of hydrogen-bond donors (Lipinski definition) is 1. The third-order valence-electron chi connectivity index (χ3n) is 3.88. The Kier molecular flexibility index (Phi) is 3.54. The van der Waals surface area contributed by atoms with Gasteiger partial charge in [0.05, 0.1) is 6.20 Å². The van der Waals surface area contributed by atoms with E-state index >= 15 is 0 Å². The van der Waals surface area contributed by atoms with Crippen molar-refractivity contribution in [3.05, 3.63) is 47.5 Å². The highest BCUT2D eigenvalue weighted by atomic mass is 32.2. The molecule has 0 spiro atoms. The minimum absolute atomic E-state index is 0.0778. The lowest BCUT2D eigenvalue weighted by Gasteiger charge is -2.17. The molecule has 0 radical (unpaired) electrons. The van der Waals surface area contributed by atoms with Crippen molar-refractivity contribution in [1.82, 2.24) is 14.5 Å². The second-order valence-corrected chi connectivity index (χ2v) is 7.15. The van der Waals surface area contributed by atoms with Gasteiger partial charge in [-0.1, -0.05) is 12.1 Å². The second kappa shape index (κ2) is 5.23. The third kappa shape index (κ3) is 2.47. The van der Waals surface area contributed by atoms with Crippen LogP contribution in [0.3, 0.4) is 0 Å². The van der Waals surface area contributed by atoms with Crippen LogP contribution in [0.1, 0.15) is 23.6 Å². The number of halogens is 1. The average molecular weight is 309 g/mol. The second-order valence-electron chi connectivity index (χ2n) is 5.25. The van der Waals surface area contributed by atoms with Crippen LogP contribution < -0.4 is 0 Å². The van der Waals surface area contributed by atoms with Crippen molar-refractivity contribution in [2.75, 3.05) is 13.1 Å². The lowest BCUT2D eigenvalue weighted by Crippen LogP contribution is -2.29. The Morgan fingerprint density at radius 1 is 1.38 bits per heavy atom. The summed E-state index contributed by atoms with van der Waals surface area (Å²) in [6, 6.07) is 5.48. The van der Waals surface area contributed by atoms with E-state index < -0.39 is 15.8 Å². The summed E-state index contributed by atoms with van der Waals surface area (Å²) in [5.74, 6) is -0.632. The molecule has 112 valence electrons. The number of nitrogens with zero attached hydrogens (tertiary/aromatic N) is 2. The fourth-order valence-corrected chi connectivity index (χ4v) is 4.31. The van der Waals surface area contributed by atoms with E-state index in [1.165, 1.54) is 28.6 Å². The number of aryl methyl sites for hydroxylation is 1. The Labute approximate surface area is 122 Å². The van der Waals surface area contributed by atoms with Crippen molar-refractivity contribution >= 4 is 10.0 Å². The molecule has 0 bridgehead atoms. The van der Waals surface area contributed by atoms with Gasteiger partial charge in [0.1, 0.15) is 10.7 Å². The van der Waals surface area contributed by atoms with Gasteiger partial charge >= 0.3 is 0 Å². The molecule has 1 saturated heterocycles. The predicted molar refractivity (Wildman–Crippen MR) is 75.8 cm³/mol. The quantitative estimate of drug-likeness (QED) is 0.943. The first-order valence-electron chi connectivity index (χ1n) is 6.74. The number of sulfonamides is 1. The van der Waals surface area contributed by atoms with Crippen LogP contribution in [0, 0.1) is 12.7 Å². The molecule has 1 fully saturated rings. The van der Waals surface area contributed by atoms with Crippen LogP contribution in [0.25, 0.3) is 0 Å². The Bertz CT molecular complexity index is 757. The number of rotatable bonds is 3. The molecule has 0 aliphatic carbocycles. The lowest BCUT2D eigenvalue weighted by molar-refractivity contribution is 0.464. The van der Waals surface area contributed by atoms with Gasteiger partial charge in [-0.2, -0.15) is 9.40 Å². The first-order chi connectivity index (χ1) is 10.00. The largest absolute Gasteiger partial charge is 0.282 e. The normalized spacial score (nSPS) is 20.0. The van der Waals surface area contributed by atoms with Gasteiger partial charge in [-0.3, -0.25) is 5.10 Å². The van der Waals surface area contributed by atoms with Gasteiger partial charge in [-0.25, -0.2) is 12.8 Å². The molecular weight excluding hydrogens is 293 g/mol. The Balaban J connectivity index is 1.86. The van der Waals surface area contributed by atoms with Crippen LogP contribution in [0.15, 0.2) is 35.4 Å². The van der Waals surface area contributed by atoms with Crippen molar-refractivity contribution in [3.8, 4) is 0 Å². The van der Waals surface area contributed by atoms with Crippen LogP contribution in [0.5, 0.6) is 0 Å². The SMILES string of the molecule is Cc1cn[nH]c1[C@@H]1CCN(S(=O)(=O)c2ccccc2F)C1. The molecule has 1 aromatic heterocycles. The fourth-order valence-electron chi connectivity index (χ4n) is 2.74. The maximum atomic E-state index is 13.8. The molecule has 3 rings (SSSR count). The van der Waals surface area contributed by atoms with E-state index in [2.05, 4.69) is 10.2 Å². The van der Waals surface area contributed by atoms with Gasteiger partial charge in [0.2, 0.25) is 10.0 Å². The van der Waals surface area contributed by atoms with Gasteiger partial charge < -0.3 is 0 Å². The summed E-state index contributed by atoms with van der Waals surface area (Å²) >= 11 is 0. The molecule has 1 N–H and O–H groups in total. The monoisotopic (exact) mass is 309 g/mol. The first-order valence-corrected chi connectivity index (χ1v) is 8.18. The smallest absolute Gasteiger partial charge is 0.246 e. The molecule has 1 aliphatic rings.